The van der Waals surface area contributed by atoms with Crippen LogP contribution in [-0.4, -0.2) is 22.6 Å². The minimum atomic E-state index is -0.0783. The number of aryl methyl sites for hydroxylation is 1. The predicted octanol–water partition coefficient (Wildman–Crippen LogP) is 6.91. The molecular weight excluding hydrogens is 432 g/mol. The van der Waals surface area contributed by atoms with E-state index in [0.29, 0.717) is 34.9 Å². The molecule has 0 N–H and O–H groups in total. The molecular formula is C27H28N2O3S. The van der Waals surface area contributed by atoms with E-state index in [4.69, 9.17) is 14.1 Å². The third-order valence-electron chi connectivity index (χ3n) is 5.37. The maximum absolute atomic E-state index is 13.4. The van der Waals surface area contributed by atoms with Crippen LogP contribution in [0, 0.1) is 6.92 Å². The molecule has 3 aromatic rings. The summed E-state index contributed by atoms with van der Waals surface area (Å²) >= 11 is 1.39. The number of carbonyl (C=O) groups is 1. The molecule has 0 saturated carbocycles. The Hall–Kier alpha value is -3.25. The highest BCUT2D eigenvalue weighted by Gasteiger charge is 2.34. The Morgan fingerprint density at radius 1 is 1.15 bits per heavy atom. The molecule has 0 aliphatic carbocycles. The lowest BCUT2D eigenvalue weighted by Gasteiger charge is -2.16. The van der Waals surface area contributed by atoms with Crippen LogP contribution >= 0.6 is 11.8 Å². The van der Waals surface area contributed by atoms with Crippen LogP contribution in [0.4, 0.5) is 5.69 Å². The van der Waals surface area contributed by atoms with Gasteiger partial charge in [-0.3, -0.25) is 9.69 Å². The first-order valence-electron chi connectivity index (χ1n) is 11.1. The van der Waals surface area contributed by atoms with Gasteiger partial charge in [0.2, 0.25) is 0 Å². The fraction of sp³-hybridized carbons (Fsp3) is 0.259. The van der Waals surface area contributed by atoms with E-state index >= 15 is 0 Å². The van der Waals surface area contributed by atoms with Crippen molar-refractivity contribution >= 4 is 34.6 Å². The van der Waals surface area contributed by atoms with Crippen molar-refractivity contribution in [3.05, 3.63) is 88.2 Å². The molecule has 1 saturated heterocycles. The number of hydrogen-bond donors (Lipinski definition) is 0. The molecule has 1 aromatic heterocycles. The van der Waals surface area contributed by atoms with Gasteiger partial charge in [-0.25, -0.2) is 4.99 Å². The molecule has 1 amide bonds. The number of hydrogen-bond acceptors (Lipinski definition) is 5. The molecule has 170 valence electrons. The lowest BCUT2D eigenvalue weighted by atomic mass is 9.96. The van der Waals surface area contributed by atoms with Crippen LogP contribution in [0.15, 0.2) is 75.2 Å². The van der Waals surface area contributed by atoms with Crippen molar-refractivity contribution in [2.24, 2.45) is 4.99 Å². The van der Waals surface area contributed by atoms with Gasteiger partial charge in [-0.2, -0.15) is 0 Å². The molecule has 2 heterocycles. The third kappa shape index (κ3) is 5.22. The molecule has 4 rings (SSSR count). The van der Waals surface area contributed by atoms with Gasteiger partial charge in [0.05, 0.1) is 30.0 Å². The molecule has 0 atom stereocenters. The zero-order valence-corrected chi connectivity index (χ0v) is 20.2. The summed E-state index contributed by atoms with van der Waals surface area (Å²) in [5.41, 5.74) is 4.01. The summed E-state index contributed by atoms with van der Waals surface area (Å²) in [6, 6.07) is 17.6. The number of rotatable bonds is 7. The van der Waals surface area contributed by atoms with E-state index in [1.165, 1.54) is 11.8 Å². The second-order valence-corrected chi connectivity index (χ2v) is 9.15. The van der Waals surface area contributed by atoms with E-state index in [0.717, 1.165) is 28.1 Å². The lowest BCUT2D eigenvalue weighted by Crippen LogP contribution is -2.28. The summed E-state index contributed by atoms with van der Waals surface area (Å²) in [4.78, 5) is 20.5. The molecule has 1 aliphatic heterocycles. The van der Waals surface area contributed by atoms with Gasteiger partial charge in [-0.15, -0.1) is 0 Å². The lowest BCUT2D eigenvalue weighted by molar-refractivity contribution is -0.122. The van der Waals surface area contributed by atoms with E-state index in [1.807, 2.05) is 62.4 Å². The van der Waals surface area contributed by atoms with Crippen molar-refractivity contribution in [1.82, 2.24) is 4.90 Å². The molecule has 0 spiro atoms. The van der Waals surface area contributed by atoms with Gasteiger partial charge < -0.3 is 9.15 Å². The molecule has 6 heteroatoms. The Morgan fingerprint density at radius 2 is 1.94 bits per heavy atom. The Labute approximate surface area is 199 Å². The molecule has 0 unspecified atom stereocenters. The maximum atomic E-state index is 13.4. The van der Waals surface area contributed by atoms with Crippen molar-refractivity contribution < 1.29 is 13.9 Å². The molecule has 1 aliphatic rings. The first kappa shape index (κ1) is 22.9. The fourth-order valence-electron chi connectivity index (χ4n) is 3.65. The van der Waals surface area contributed by atoms with Crippen LogP contribution < -0.4 is 4.74 Å². The minimum Gasteiger partial charge on any atom is -0.494 e. The number of thioether (sulfide) groups is 1. The Balaban J connectivity index is 1.73. The van der Waals surface area contributed by atoms with Crippen molar-refractivity contribution in [3.63, 3.8) is 0 Å². The summed E-state index contributed by atoms with van der Waals surface area (Å²) in [5, 5.41) is 0.640. The van der Waals surface area contributed by atoms with Crippen molar-refractivity contribution in [2.45, 2.75) is 40.2 Å². The Morgan fingerprint density at radius 3 is 2.61 bits per heavy atom. The summed E-state index contributed by atoms with van der Waals surface area (Å²) in [6.45, 7) is 9.29. The third-order valence-corrected chi connectivity index (χ3v) is 6.38. The van der Waals surface area contributed by atoms with Crippen LogP contribution in [0.1, 0.15) is 49.1 Å². The minimum absolute atomic E-state index is 0.0783. The number of aliphatic imine (C=N–C) groups is 1. The largest absolute Gasteiger partial charge is 0.494 e. The SMILES string of the molecule is CCOc1cc(C)c(/C=C2/SC(=Nc3ccccc3)N(Cc3ccco3)C2=O)cc1C(C)C. The highest BCUT2D eigenvalue weighted by atomic mass is 32.2. The van der Waals surface area contributed by atoms with Gasteiger partial charge >= 0.3 is 0 Å². The van der Waals surface area contributed by atoms with Gasteiger partial charge in [0.1, 0.15) is 11.5 Å². The summed E-state index contributed by atoms with van der Waals surface area (Å²) in [6.07, 6.45) is 3.58. The first-order chi connectivity index (χ1) is 16.0. The number of benzene rings is 2. The zero-order valence-electron chi connectivity index (χ0n) is 19.4. The Bertz CT molecular complexity index is 1180. The van der Waals surface area contributed by atoms with Crippen LogP contribution in [0.5, 0.6) is 5.75 Å². The molecule has 1 fully saturated rings. The summed E-state index contributed by atoms with van der Waals surface area (Å²) in [7, 11) is 0. The standard InChI is InChI=1S/C27H28N2O3S/c1-5-31-24-14-19(4)20(15-23(24)18(2)3)16-25-26(30)29(17-22-12-9-13-32-22)27(33-25)28-21-10-7-6-8-11-21/h6-16,18H,5,17H2,1-4H3/b25-16+,28-27?. The number of para-hydroxylation sites is 1. The number of nitrogens with zero attached hydrogens (tertiary/aromatic N) is 2. The monoisotopic (exact) mass is 460 g/mol. The van der Waals surface area contributed by atoms with E-state index in [1.54, 1.807) is 11.2 Å². The molecule has 5 nitrogen and oxygen atoms in total. The van der Waals surface area contributed by atoms with Crippen molar-refractivity contribution in [1.29, 1.82) is 0 Å². The average molecular weight is 461 g/mol. The molecule has 0 bridgehead atoms. The topological polar surface area (TPSA) is 55.0 Å². The smallest absolute Gasteiger partial charge is 0.267 e. The van der Waals surface area contributed by atoms with Gasteiger partial charge in [-0.05, 0) is 90.7 Å². The average Bonchev–Trinajstić information content (AvgIpc) is 3.40. The quantitative estimate of drug-likeness (QED) is 0.359. The van der Waals surface area contributed by atoms with Crippen LogP contribution in [0.3, 0.4) is 0 Å². The summed E-state index contributed by atoms with van der Waals surface area (Å²) in [5.74, 6) is 1.85. The van der Waals surface area contributed by atoms with E-state index in [2.05, 4.69) is 26.0 Å². The van der Waals surface area contributed by atoms with Gasteiger partial charge in [-0.1, -0.05) is 32.0 Å². The van der Waals surface area contributed by atoms with E-state index in [-0.39, 0.29) is 5.91 Å². The van der Waals surface area contributed by atoms with Crippen molar-refractivity contribution in [3.8, 4) is 5.75 Å². The Kier molecular flexibility index (Phi) is 7.04. The molecule has 0 radical (unpaired) electrons. The second kappa shape index (κ2) is 10.1. The number of ether oxygens (including phenoxy) is 1. The number of amidine groups is 1. The van der Waals surface area contributed by atoms with Gasteiger partial charge in [0.15, 0.2) is 5.17 Å². The molecule has 2 aromatic carbocycles. The van der Waals surface area contributed by atoms with Crippen LogP contribution in [0.2, 0.25) is 0 Å². The number of carbonyl (C=O) groups excluding carboxylic acids is 1. The van der Waals surface area contributed by atoms with E-state index < -0.39 is 0 Å². The predicted molar refractivity (Wildman–Crippen MR) is 135 cm³/mol. The second-order valence-electron chi connectivity index (χ2n) is 8.15. The first-order valence-corrected chi connectivity index (χ1v) is 11.9. The summed E-state index contributed by atoms with van der Waals surface area (Å²) < 4.78 is 11.4. The van der Waals surface area contributed by atoms with E-state index in [9.17, 15) is 4.79 Å². The van der Waals surface area contributed by atoms with Gasteiger partial charge in [0, 0.05) is 0 Å². The van der Waals surface area contributed by atoms with Crippen molar-refractivity contribution in [2.75, 3.05) is 6.61 Å². The zero-order chi connectivity index (χ0) is 23.4. The number of amides is 1. The highest BCUT2D eigenvalue weighted by Crippen LogP contribution is 2.37. The van der Waals surface area contributed by atoms with Crippen LogP contribution in [0.25, 0.3) is 6.08 Å². The highest BCUT2D eigenvalue weighted by molar-refractivity contribution is 8.18. The maximum Gasteiger partial charge on any atom is 0.267 e. The normalized spacial score (nSPS) is 16.4. The van der Waals surface area contributed by atoms with Gasteiger partial charge in [0.25, 0.3) is 5.91 Å². The molecule has 33 heavy (non-hydrogen) atoms. The van der Waals surface area contributed by atoms with Crippen LogP contribution in [-0.2, 0) is 11.3 Å². The number of furan rings is 1. The fourth-order valence-corrected chi connectivity index (χ4v) is 4.64.